The van der Waals surface area contributed by atoms with Crippen molar-refractivity contribution in [2.45, 2.75) is 0 Å². The molecule has 5 heteroatoms. The molecule has 2 aromatic carbocycles. The van der Waals surface area contributed by atoms with Crippen molar-refractivity contribution in [3.05, 3.63) is 71.8 Å². The van der Waals surface area contributed by atoms with Crippen LogP contribution in [0.15, 0.2) is 60.7 Å². The molecule has 2 aromatic rings. The summed E-state index contributed by atoms with van der Waals surface area (Å²) in [6.45, 7) is -0.529. The third-order valence-corrected chi connectivity index (χ3v) is 3.12. The lowest BCUT2D eigenvalue weighted by Crippen LogP contribution is -2.06. The summed E-state index contributed by atoms with van der Waals surface area (Å²) in [5.74, 6) is -0.576. The minimum Gasteiger partial charge on any atom is -0.395 e. The van der Waals surface area contributed by atoms with Gasteiger partial charge in [0.2, 0.25) is 0 Å². The maximum atomic E-state index is 9.63. The Morgan fingerprint density at radius 2 is 1.19 bits per heavy atom. The fourth-order valence-electron chi connectivity index (χ4n) is 1.44. The van der Waals surface area contributed by atoms with Gasteiger partial charge in [0.05, 0.1) is 12.4 Å². The first-order valence-electron chi connectivity index (χ1n) is 6.35. The Balaban J connectivity index is 0.000000270. The van der Waals surface area contributed by atoms with E-state index < -0.39 is 22.5 Å². The van der Waals surface area contributed by atoms with Crippen molar-refractivity contribution in [3.8, 4) is 0 Å². The SMILES string of the molecule is C(=Cc1ccccc1)c1ccccc1.O=S(=O)(O)CCO. The molecule has 0 saturated carbocycles. The summed E-state index contributed by atoms with van der Waals surface area (Å²) in [6, 6.07) is 20.6. The average molecular weight is 306 g/mol. The average Bonchev–Trinajstić information content (AvgIpc) is 2.47. The molecule has 0 bridgehead atoms. The Bertz CT molecular complexity index is 593. The molecule has 4 nitrogen and oxygen atoms in total. The normalized spacial score (nSPS) is 11.0. The van der Waals surface area contributed by atoms with Crippen LogP contribution in [0, 0.1) is 0 Å². The molecule has 0 aliphatic heterocycles. The van der Waals surface area contributed by atoms with Crippen molar-refractivity contribution in [3.63, 3.8) is 0 Å². The van der Waals surface area contributed by atoms with Crippen LogP contribution in [-0.2, 0) is 10.1 Å². The lowest BCUT2D eigenvalue weighted by molar-refractivity contribution is 0.315. The highest BCUT2D eigenvalue weighted by Gasteiger charge is 1.99. The number of hydrogen-bond donors (Lipinski definition) is 2. The van der Waals surface area contributed by atoms with Gasteiger partial charge in [0.1, 0.15) is 0 Å². The van der Waals surface area contributed by atoms with E-state index in [2.05, 4.69) is 36.4 Å². The van der Waals surface area contributed by atoms with Gasteiger partial charge in [-0.1, -0.05) is 72.8 Å². The van der Waals surface area contributed by atoms with Crippen molar-refractivity contribution >= 4 is 22.3 Å². The molecule has 0 amide bonds. The molecule has 0 spiro atoms. The van der Waals surface area contributed by atoms with Crippen LogP contribution in [0.3, 0.4) is 0 Å². The molecule has 0 unspecified atom stereocenters. The summed E-state index contributed by atoms with van der Waals surface area (Å²) in [4.78, 5) is 0. The molecule has 112 valence electrons. The van der Waals surface area contributed by atoms with Crippen molar-refractivity contribution < 1.29 is 18.1 Å². The first-order chi connectivity index (χ1) is 10.0. The Kier molecular flexibility index (Phi) is 7.39. The van der Waals surface area contributed by atoms with E-state index in [4.69, 9.17) is 9.66 Å². The fourth-order valence-corrected chi connectivity index (χ4v) is 1.67. The van der Waals surface area contributed by atoms with E-state index in [1.54, 1.807) is 0 Å². The number of aliphatic hydroxyl groups excluding tert-OH is 1. The van der Waals surface area contributed by atoms with Gasteiger partial charge in [0.25, 0.3) is 10.1 Å². The van der Waals surface area contributed by atoms with Crippen LogP contribution in [0.4, 0.5) is 0 Å². The summed E-state index contributed by atoms with van der Waals surface area (Å²) in [6.07, 6.45) is 4.24. The summed E-state index contributed by atoms with van der Waals surface area (Å²) in [5.41, 5.74) is 2.47. The topological polar surface area (TPSA) is 74.6 Å². The number of hydrogen-bond acceptors (Lipinski definition) is 3. The van der Waals surface area contributed by atoms with Gasteiger partial charge >= 0.3 is 0 Å². The maximum Gasteiger partial charge on any atom is 0.267 e. The van der Waals surface area contributed by atoms with Gasteiger partial charge in [0, 0.05) is 0 Å². The highest BCUT2D eigenvalue weighted by Crippen LogP contribution is 2.06. The van der Waals surface area contributed by atoms with Gasteiger partial charge in [-0.25, -0.2) is 0 Å². The van der Waals surface area contributed by atoms with E-state index in [1.807, 2.05) is 36.4 Å². The standard InChI is InChI=1S/C14H12.C2H6O4S/c1-3-7-13(8-4-1)11-12-14-9-5-2-6-10-14;3-1-2-7(4,5)6/h1-12H;3H,1-2H2,(H,4,5,6). The molecule has 0 aromatic heterocycles. The molecule has 0 saturated heterocycles. The first kappa shape index (κ1) is 17.1. The van der Waals surface area contributed by atoms with Crippen molar-refractivity contribution in [1.29, 1.82) is 0 Å². The monoisotopic (exact) mass is 306 g/mol. The second kappa shape index (κ2) is 9.07. The summed E-state index contributed by atoms with van der Waals surface area (Å²) < 4.78 is 27.1. The van der Waals surface area contributed by atoms with Crippen LogP contribution in [0.2, 0.25) is 0 Å². The summed E-state index contributed by atoms with van der Waals surface area (Å²) in [5, 5.41) is 7.86. The molecule has 0 fully saturated rings. The van der Waals surface area contributed by atoms with E-state index in [0.29, 0.717) is 0 Å². The summed E-state index contributed by atoms with van der Waals surface area (Å²) >= 11 is 0. The van der Waals surface area contributed by atoms with Crippen LogP contribution in [0.25, 0.3) is 12.2 Å². The van der Waals surface area contributed by atoms with Gasteiger partial charge in [-0.3, -0.25) is 4.55 Å². The lowest BCUT2D eigenvalue weighted by atomic mass is 10.1. The highest BCUT2D eigenvalue weighted by molar-refractivity contribution is 7.85. The predicted octanol–water partition coefficient (Wildman–Crippen LogP) is 2.72. The maximum absolute atomic E-state index is 9.63. The highest BCUT2D eigenvalue weighted by atomic mass is 32.2. The molecule has 2 N–H and O–H groups in total. The zero-order valence-electron chi connectivity index (χ0n) is 11.5. The van der Waals surface area contributed by atoms with Gasteiger partial charge < -0.3 is 5.11 Å². The molecule has 0 atom stereocenters. The van der Waals surface area contributed by atoms with Crippen molar-refractivity contribution in [2.24, 2.45) is 0 Å². The Morgan fingerprint density at radius 3 is 1.43 bits per heavy atom. The Hall–Kier alpha value is -1.95. The Morgan fingerprint density at radius 1 is 0.810 bits per heavy atom. The van der Waals surface area contributed by atoms with Gasteiger partial charge in [-0.05, 0) is 11.1 Å². The van der Waals surface area contributed by atoms with E-state index in [-0.39, 0.29) is 0 Å². The lowest BCUT2D eigenvalue weighted by Gasteiger charge is -1.92. The molecule has 0 radical (unpaired) electrons. The quantitative estimate of drug-likeness (QED) is 0.673. The largest absolute Gasteiger partial charge is 0.395 e. The first-order valence-corrected chi connectivity index (χ1v) is 7.96. The number of rotatable bonds is 4. The molecular weight excluding hydrogens is 288 g/mol. The fraction of sp³-hybridized carbons (Fsp3) is 0.125. The van der Waals surface area contributed by atoms with E-state index in [1.165, 1.54) is 11.1 Å². The smallest absolute Gasteiger partial charge is 0.267 e. The second-order valence-corrected chi connectivity index (χ2v) is 5.74. The van der Waals surface area contributed by atoms with Gasteiger partial charge in [-0.15, -0.1) is 0 Å². The van der Waals surface area contributed by atoms with Crippen LogP contribution < -0.4 is 0 Å². The van der Waals surface area contributed by atoms with Crippen LogP contribution in [-0.4, -0.2) is 30.4 Å². The molecule has 0 aliphatic carbocycles. The number of aliphatic hydroxyl groups is 1. The second-order valence-electron chi connectivity index (χ2n) is 4.16. The molecular formula is C16H18O4S. The molecule has 21 heavy (non-hydrogen) atoms. The minimum atomic E-state index is -3.92. The van der Waals surface area contributed by atoms with Crippen LogP contribution >= 0.6 is 0 Å². The van der Waals surface area contributed by atoms with Crippen LogP contribution in [0.5, 0.6) is 0 Å². The van der Waals surface area contributed by atoms with E-state index >= 15 is 0 Å². The minimum absolute atomic E-state index is 0.529. The molecule has 2 rings (SSSR count). The Labute approximate surface area is 125 Å². The zero-order valence-corrected chi connectivity index (χ0v) is 12.3. The third-order valence-electron chi connectivity index (χ3n) is 2.42. The van der Waals surface area contributed by atoms with Gasteiger partial charge in [0.15, 0.2) is 0 Å². The predicted molar refractivity (Wildman–Crippen MR) is 85.3 cm³/mol. The molecule has 0 aliphatic rings. The van der Waals surface area contributed by atoms with Crippen molar-refractivity contribution in [1.82, 2.24) is 0 Å². The van der Waals surface area contributed by atoms with E-state index in [9.17, 15) is 8.42 Å². The third kappa shape index (κ3) is 8.75. The summed E-state index contributed by atoms with van der Waals surface area (Å²) in [7, 11) is -3.92. The van der Waals surface area contributed by atoms with Crippen LogP contribution in [0.1, 0.15) is 11.1 Å². The van der Waals surface area contributed by atoms with E-state index in [0.717, 1.165) is 0 Å². The number of benzene rings is 2. The molecule has 0 heterocycles. The zero-order chi connectivity index (χ0) is 15.6. The van der Waals surface area contributed by atoms with Gasteiger partial charge in [-0.2, -0.15) is 8.42 Å². The van der Waals surface area contributed by atoms with Crippen molar-refractivity contribution in [2.75, 3.05) is 12.4 Å².